The summed E-state index contributed by atoms with van der Waals surface area (Å²) in [5.41, 5.74) is 20.7. The molecule has 37 nitrogen and oxygen atoms in total. The highest BCUT2D eigenvalue weighted by atomic mass is 32.2. The van der Waals surface area contributed by atoms with E-state index in [2.05, 4.69) is 53.2 Å². The lowest BCUT2D eigenvalue weighted by Crippen LogP contribution is -2.60. The van der Waals surface area contributed by atoms with Gasteiger partial charge < -0.3 is 105 Å². The molecule has 658 valence electrons. The Labute approximate surface area is 714 Å². The Morgan fingerprint density at radius 1 is 0.537 bits per heavy atom. The lowest BCUT2D eigenvalue weighted by molar-refractivity contribution is -0.146. The minimum atomic E-state index is -2.04. The number of guanidine groups is 1. The predicted octanol–water partition coefficient (Wildman–Crippen LogP) is -1.70. The maximum atomic E-state index is 15.6. The fourth-order valence-electron chi connectivity index (χ4n) is 15.6. The van der Waals surface area contributed by atoms with Crippen LogP contribution in [0.15, 0.2) is 127 Å². The maximum Gasteiger partial charge on any atom is 0.305 e. The standard InChI is InChI=1S/C85H108N18O19S/c1-45(2)69(84(122)102-33-17-26-63(102)73(87)111)99-76(114)58(38-48-19-10-7-11-20-48)92-67(108)44-123-43-62(74(112)91-42-65(86)106)97-77(115)64-27-18-34-103(64)83(121)57(25-16-32-90-85(88)89)93-75(113)59(41-68(109)110)94-79(117)71-55-37-50(29-31-53(55)51-21-12-8-13-22-51)40-61(82(120)100(71)5)96-80(118)72-56-36-49(28-30-54(56)52-23-14-9-15-24-52)39-60(81(119)101(72)6)95-78(116)70(47(4)105)98-66(107)35-46(3)104/h7-15,19-24,28-31,36-37,45-47,57-64,69-72,104-105H,16-18,25-27,32-35,38-44H2,1-6H3,(H2,86,106)(H2,87,111)(H,91,112)(H,92,108)(H,93,113)(H,94,117)(H,95,116)(H,96,118)(H,97,115)(H,98,107)(H,99,114)(H,109,110)(H4,88,89,90)/t46-,47-,57+,58+,59+,60+,61+,62+,63+,64+,69+,70+,71+,72+/m1/s1. The number of hydrogen-bond donors (Lipinski definition) is 17. The van der Waals surface area contributed by atoms with Gasteiger partial charge in [-0.2, -0.15) is 0 Å². The van der Waals surface area contributed by atoms with Crippen LogP contribution in [0.3, 0.4) is 0 Å². The number of benzene rings is 5. The molecule has 2 fully saturated rings. The van der Waals surface area contributed by atoms with Crippen molar-refractivity contribution in [2.75, 3.05) is 51.8 Å². The van der Waals surface area contributed by atoms with E-state index in [-0.39, 0.29) is 75.9 Å². The zero-order valence-corrected chi connectivity index (χ0v) is 69.9. The van der Waals surface area contributed by atoms with Crippen molar-refractivity contribution in [2.24, 2.45) is 23.1 Å². The number of rotatable bonds is 38. The number of likely N-dealkylation sites (tertiary alicyclic amines) is 2. The highest BCUT2D eigenvalue weighted by molar-refractivity contribution is 8.00. The molecule has 2 saturated heterocycles. The second-order valence-corrected chi connectivity index (χ2v) is 32.5. The number of thioether (sulfide) groups is 1. The molecular weight excluding hydrogens is 1610 g/mol. The summed E-state index contributed by atoms with van der Waals surface area (Å²) in [7, 11) is 2.59. The van der Waals surface area contributed by atoms with Gasteiger partial charge in [0, 0.05) is 58.7 Å². The van der Waals surface area contributed by atoms with Crippen LogP contribution in [-0.2, 0) is 96.0 Å². The third-order valence-electron chi connectivity index (χ3n) is 21.7. The van der Waals surface area contributed by atoms with E-state index in [9.17, 15) is 68.1 Å². The number of nitrogens with two attached hydrogens (primary N) is 3. The van der Waals surface area contributed by atoms with Gasteiger partial charge >= 0.3 is 5.97 Å². The van der Waals surface area contributed by atoms with E-state index >= 15 is 24.0 Å². The van der Waals surface area contributed by atoms with E-state index in [0.717, 1.165) is 26.5 Å². The van der Waals surface area contributed by atoms with E-state index in [1.807, 2.05) is 0 Å². The first-order valence-corrected chi connectivity index (χ1v) is 41.7. The molecule has 20 N–H and O–H groups in total. The van der Waals surface area contributed by atoms with Crippen molar-refractivity contribution in [1.29, 1.82) is 5.41 Å². The van der Waals surface area contributed by atoms with Crippen LogP contribution in [0, 0.1) is 11.3 Å². The molecule has 5 aromatic rings. The Kier molecular flexibility index (Phi) is 33.3. The van der Waals surface area contributed by atoms with Gasteiger partial charge in [0.2, 0.25) is 88.6 Å². The van der Waals surface area contributed by atoms with Gasteiger partial charge in [-0.3, -0.25) is 82.1 Å². The molecule has 0 saturated carbocycles. The summed E-state index contributed by atoms with van der Waals surface area (Å²) in [4.78, 5) is 231. The maximum absolute atomic E-state index is 15.6. The molecule has 4 bridgehead atoms. The monoisotopic (exact) mass is 1720 g/mol. The van der Waals surface area contributed by atoms with Crippen LogP contribution in [-0.4, -0.2) is 260 Å². The largest absolute Gasteiger partial charge is 0.481 e. The van der Waals surface area contributed by atoms with Crippen molar-refractivity contribution in [3.8, 4) is 22.3 Å². The molecule has 0 aromatic heterocycles. The van der Waals surface area contributed by atoms with Gasteiger partial charge in [-0.25, -0.2) is 0 Å². The second kappa shape index (κ2) is 43.6. The van der Waals surface area contributed by atoms with Crippen molar-refractivity contribution in [1.82, 2.24) is 72.8 Å². The van der Waals surface area contributed by atoms with Crippen LogP contribution in [0.5, 0.6) is 0 Å². The number of aliphatic hydroxyl groups is 2. The van der Waals surface area contributed by atoms with Gasteiger partial charge in [0.05, 0.1) is 37.3 Å². The quantitative estimate of drug-likeness (QED) is 0.0119. The first-order valence-electron chi connectivity index (χ1n) is 40.5. The number of aliphatic hydroxyl groups excluding tert-OH is 2. The van der Waals surface area contributed by atoms with Gasteiger partial charge in [-0.15, -0.1) is 11.8 Å². The van der Waals surface area contributed by atoms with Crippen LogP contribution >= 0.6 is 11.8 Å². The molecule has 0 spiro atoms. The number of fused-ring (bicyclic) bond motifs is 4. The molecule has 9 rings (SSSR count). The molecule has 15 amide bonds. The average Bonchev–Trinajstić information content (AvgIpc) is 1.55. The van der Waals surface area contributed by atoms with Crippen LogP contribution in [0.4, 0.5) is 0 Å². The lowest BCUT2D eigenvalue weighted by atomic mass is 9.87. The number of carbonyl (C=O) groups is 16. The Hall–Kier alpha value is -12.8. The minimum Gasteiger partial charge on any atom is -0.481 e. The molecule has 4 heterocycles. The average molecular weight is 1720 g/mol. The Morgan fingerprint density at radius 3 is 1.59 bits per heavy atom. The van der Waals surface area contributed by atoms with E-state index in [1.54, 1.807) is 141 Å². The SMILES string of the molecule is CC(C)[C@H](NC(=O)[C@H](Cc1ccccc1)NC(=O)CSC[C@H](NC(=O)[C@@H]1CCCN1C(=O)[C@H](CCCNC(=N)N)NC(=O)[C@H](CC(=O)O)NC(=O)[C@@H]1c2cc(ccc2-c2ccccc2)C[C@H](NC(=O)[C@@H]2c3cc(ccc3-c3ccccc3)C[C@H](NC(=O)[C@@H](NC(=O)C[C@@H](C)O)[C@@H](C)O)C(=O)N2C)C(=O)N1C)C(=O)NCC(N)=O)C(=O)N1CCC[C@H]1C(N)=O. The molecule has 123 heavy (non-hydrogen) atoms. The van der Waals surface area contributed by atoms with Gasteiger partial charge in [-0.1, -0.05) is 141 Å². The van der Waals surface area contributed by atoms with E-state index in [0.29, 0.717) is 57.3 Å². The minimum absolute atomic E-state index is 0.00485. The number of likely N-dealkylation sites (N-methyl/N-ethyl adjacent to an activating group) is 2. The van der Waals surface area contributed by atoms with Crippen molar-refractivity contribution < 1.29 is 92.0 Å². The molecule has 0 unspecified atom stereocenters. The zero-order valence-electron chi connectivity index (χ0n) is 69.1. The number of amides is 15. The second-order valence-electron chi connectivity index (χ2n) is 31.4. The van der Waals surface area contributed by atoms with Crippen molar-refractivity contribution >= 4 is 112 Å². The van der Waals surface area contributed by atoms with E-state index in [4.69, 9.17) is 22.6 Å². The van der Waals surface area contributed by atoms with Gasteiger partial charge in [0.25, 0.3) is 0 Å². The molecule has 0 radical (unpaired) electrons. The van der Waals surface area contributed by atoms with Gasteiger partial charge in [0.15, 0.2) is 5.96 Å². The summed E-state index contributed by atoms with van der Waals surface area (Å²) in [5, 5.41) is 65.0. The summed E-state index contributed by atoms with van der Waals surface area (Å²) in [6.45, 7) is 5.43. The third-order valence-corrected chi connectivity index (χ3v) is 22.7. The number of carboxylic acid groups (broad SMARTS) is 1. The van der Waals surface area contributed by atoms with Crippen molar-refractivity contribution in [2.45, 2.75) is 183 Å². The summed E-state index contributed by atoms with van der Waals surface area (Å²) in [6.07, 6.45) is -3.71. The Balaban J connectivity index is 0.946. The van der Waals surface area contributed by atoms with Gasteiger partial charge in [-0.05, 0) is 108 Å². The number of hydrogen-bond acceptors (Lipinski definition) is 20. The first-order chi connectivity index (χ1) is 58.5. The normalized spacial score (nSPS) is 19.4. The zero-order chi connectivity index (χ0) is 89.6. The molecule has 4 aliphatic heterocycles. The Bertz CT molecular complexity index is 4760. The molecule has 4 aliphatic rings. The number of primary amides is 2. The van der Waals surface area contributed by atoms with Crippen LogP contribution in [0.1, 0.15) is 119 Å². The molecule has 38 heteroatoms. The summed E-state index contributed by atoms with van der Waals surface area (Å²) < 4.78 is 0. The van der Waals surface area contributed by atoms with Crippen LogP contribution in [0.2, 0.25) is 0 Å². The highest BCUT2D eigenvalue weighted by Crippen LogP contribution is 2.38. The fourth-order valence-corrected chi connectivity index (χ4v) is 16.4. The summed E-state index contributed by atoms with van der Waals surface area (Å²) >= 11 is 0.838. The first kappa shape index (κ1) is 94.0. The van der Waals surface area contributed by atoms with Crippen molar-refractivity contribution in [3.63, 3.8) is 0 Å². The van der Waals surface area contributed by atoms with E-state index < -0.39 is 216 Å². The molecule has 14 atom stereocenters. The predicted molar refractivity (Wildman–Crippen MR) is 450 cm³/mol. The van der Waals surface area contributed by atoms with Gasteiger partial charge in [0.1, 0.15) is 72.5 Å². The third kappa shape index (κ3) is 25.2. The van der Waals surface area contributed by atoms with Crippen molar-refractivity contribution in [3.05, 3.63) is 155 Å². The van der Waals surface area contributed by atoms with E-state index in [1.165, 1.54) is 32.8 Å². The van der Waals surface area contributed by atoms with Crippen LogP contribution in [0.25, 0.3) is 22.3 Å². The topological polar surface area (TPSA) is 569 Å². The molecular formula is C85H108N18O19S. The number of nitrogens with zero attached hydrogens (tertiary/aromatic N) is 4. The summed E-state index contributed by atoms with van der Waals surface area (Å²) in [6, 6.07) is 18.7. The molecule has 0 aliphatic carbocycles. The highest BCUT2D eigenvalue weighted by Gasteiger charge is 2.46. The number of carboxylic acids is 1. The fraction of sp³-hybridized carbons (Fsp3) is 0.447. The lowest BCUT2D eigenvalue weighted by Gasteiger charge is -2.38. The molecule has 5 aromatic carbocycles. The summed E-state index contributed by atoms with van der Waals surface area (Å²) in [5.74, 6) is -16.3. The van der Waals surface area contributed by atoms with Crippen LogP contribution < -0.4 is 70.4 Å². The smallest absolute Gasteiger partial charge is 0.305 e. The number of nitrogens with one attached hydrogen (secondary N) is 11. The number of carbonyl (C=O) groups excluding carboxylic acids is 15. The Morgan fingerprint density at radius 2 is 1.07 bits per heavy atom. The number of aliphatic carboxylic acids is 1.